The maximum absolute atomic E-state index is 11.9. The molecule has 1 aromatic heterocycles. The first-order valence-corrected chi connectivity index (χ1v) is 10.2. The number of aryl methyl sites for hydroxylation is 1. The summed E-state index contributed by atoms with van der Waals surface area (Å²) in [6, 6.07) is 15.8. The quantitative estimate of drug-likeness (QED) is 0.715. The Bertz CT molecular complexity index is 1020. The lowest BCUT2D eigenvalue weighted by molar-refractivity contribution is 0.601. The molecule has 1 unspecified atom stereocenters. The molecule has 1 atom stereocenters. The summed E-state index contributed by atoms with van der Waals surface area (Å²) >= 11 is 6.01. The fraction of sp³-hybridized carbons (Fsp3) is 0.158. The molecule has 0 aliphatic rings. The van der Waals surface area contributed by atoms with Crippen molar-refractivity contribution in [3.05, 3.63) is 82.8 Å². The second kappa shape index (κ2) is 7.43. The lowest BCUT2D eigenvalue weighted by Gasteiger charge is -2.21. The smallest absolute Gasteiger partial charge is 0.175 e. The number of benzene rings is 2. The zero-order chi connectivity index (χ0) is 18.7. The van der Waals surface area contributed by atoms with E-state index in [1.54, 1.807) is 30.3 Å². The standard InChI is InChI=1S/C19H18ClN3O2S/c1-13-10-18(22-12-21-13)23-19(14-6-8-16(20)9-7-14)15-4-3-5-17(11-15)26(2,24)25/h3-12,19H,1-2H3,(H,21,22,23). The highest BCUT2D eigenvalue weighted by Gasteiger charge is 2.17. The highest BCUT2D eigenvalue weighted by molar-refractivity contribution is 7.90. The van der Waals surface area contributed by atoms with E-state index in [2.05, 4.69) is 15.3 Å². The molecule has 7 heteroatoms. The molecule has 0 saturated carbocycles. The van der Waals surface area contributed by atoms with Crippen molar-refractivity contribution in [3.8, 4) is 0 Å². The first-order chi connectivity index (χ1) is 12.3. The summed E-state index contributed by atoms with van der Waals surface area (Å²) in [7, 11) is -3.30. The monoisotopic (exact) mass is 387 g/mol. The number of nitrogens with one attached hydrogen (secondary N) is 1. The molecule has 1 heterocycles. The Hall–Kier alpha value is -2.44. The lowest BCUT2D eigenvalue weighted by atomic mass is 9.98. The van der Waals surface area contributed by atoms with E-state index in [0.29, 0.717) is 10.8 Å². The molecule has 0 radical (unpaired) electrons. The molecule has 0 saturated heterocycles. The summed E-state index contributed by atoms with van der Waals surface area (Å²) in [5.41, 5.74) is 2.59. The normalized spacial score (nSPS) is 12.6. The molecule has 0 amide bonds. The third-order valence-electron chi connectivity index (χ3n) is 3.92. The third kappa shape index (κ3) is 4.39. The molecular weight excluding hydrogens is 370 g/mol. The molecule has 3 aromatic rings. The van der Waals surface area contributed by atoms with Crippen molar-refractivity contribution in [2.45, 2.75) is 17.9 Å². The Morgan fingerprint density at radius 3 is 2.38 bits per heavy atom. The van der Waals surface area contributed by atoms with E-state index in [4.69, 9.17) is 11.6 Å². The number of aromatic nitrogens is 2. The highest BCUT2D eigenvalue weighted by atomic mass is 35.5. The van der Waals surface area contributed by atoms with E-state index in [1.165, 1.54) is 12.6 Å². The van der Waals surface area contributed by atoms with Gasteiger partial charge in [0.25, 0.3) is 0 Å². The van der Waals surface area contributed by atoms with Crippen LogP contribution in [0.3, 0.4) is 0 Å². The fourth-order valence-corrected chi connectivity index (χ4v) is 3.42. The van der Waals surface area contributed by atoms with Crippen LogP contribution >= 0.6 is 11.6 Å². The van der Waals surface area contributed by atoms with E-state index in [1.807, 2.05) is 31.2 Å². The third-order valence-corrected chi connectivity index (χ3v) is 5.28. The first-order valence-electron chi connectivity index (χ1n) is 7.93. The van der Waals surface area contributed by atoms with Gasteiger partial charge in [0.2, 0.25) is 0 Å². The van der Waals surface area contributed by atoms with Gasteiger partial charge in [-0.25, -0.2) is 18.4 Å². The minimum Gasteiger partial charge on any atom is -0.359 e. The van der Waals surface area contributed by atoms with Crippen molar-refractivity contribution in [2.24, 2.45) is 0 Å². The maximum Gasteiger partial charge on any atom is 0.175 e. The van der Waals surface area contributed by atoms with Gasteiger partial charge in [0, 0.05) is 23.0 Å². The predicted molar refractivity (Wildman–Crippen MR) is 103 cm³/mol. The van der Waals surface area contributed by atoms with Gasteiger partial charge in [0.15, 0.2) is 9.84 Å². The van der Waals surface area contributed by atoms with Gasteiger partial charge in [0.1, 0.15) is 12.1 Å². The van der Waals surface area contributed by atoms with Crippen molar-refractivity contribution in [3.63, 3.8) is 0 Å². The molecule has 0 bridgehead atoms. The van der Waals surface area contributed by atoms with Crippen LogP contribution in [0.1, 0.15) is 22.9 Å². The number of rotatable bonds is 5. The number of halogens is 1. The van der Waals surface area contributed by atoms with Gasteiger partial charge in [0.05, 0.1) is 10.9 Å². The Morgan fingerprint density at radius 1 is 1.00 bits per heavy atom. The Balaban J connectivity index is 2.07. The van der Waals surface area contributed by atoms with Crippen molar-refractivity contribution in [1.29, 1.82) is 0 Å². The number of sulfone groups is 1. The Labute approximate surface area is 158 Å². The topological polar surface area (TPSA) is 72.0 Å². The molecule has 0 spiro atoms. The van der Waals surface area contributed by atoms with Crippen LogP contribution in [0.5, 0.6) is 0 Å². The van der Waals surface area contributed by atoms with Gasteiger partial charge >= 0.3 is 0 Å². The molecule has 3 rings (SSSR count). The predicted octanol–water partition coefficient (Wildman–Crippen LogP) is 4.04. The highest BCUT2D eigenvalue weighted by Crippen LogP contribution is 2.28. The summed E-state index contributed by atoms with van der Waals surface area (Å²) in [5.74, 6) is 0.655. The number of hydrogen-bond donors (Lipinski definition) is 1. The molecule has 5 nitrogen and oxygen atoms in total. The van der Waals surface area contributed by atoms with Gasteiger partial charge in [-0.05, 0) is 42.3 Å². The SMILES string of the molecule is Cc1cc(NC(c2ccc(Cl)cc2)c2cccc(S(C)(=O)=O)c2)ncn1. The van der Waals surface area contributed by atoms with Crippen molar-refractivity contribution in [1.82, 2.24) is 9.97 Å². The van der Waals surface area contributed by atoms with Crippen LogP contribution in [0.15, 0.2) is 65.8 Å². The van der Waals surface area contributed by atoms with E-state index in [-0.39, 0.29) is 10.9 Å². The molecule has 26 heavy (non-hydrogen) atoms. The van der Waals surface area contributed by atoms with Crippen LogP contribution in [-0.2, 0) is 9.84 Å². The van der Waals surface area contributed by atoms with E-state index in [0.717, 1.165) is 16.8 Å². The minimum atomic E-state index is -3.30. The van der Waals surface area contributed by atoms with Gasteiger partial charge in [-0.3, -0.25) is 0 Å². The van der Waals surface area contributed by atoms with Crippen molar-refractivity contribution < 1.29 is 8.42 Å². The molecule has 0 aliphatic heterocycles. The summed E-state index contributed by atoms with van der Waals surface area (Å²) in [6.45, 7) is 1.88. The van der Waals surface area contributed by atoms with Crippen LogP contribution in [0.2, 0.25) is 5.02 Å². The lowest BCUT2D eigenvalue weighted by Crippen LogP contribution is -2.14. The zero-order valence-corrected chi connectivity index (χ0v) is 15.9. The number of hydrogen-bond acceptors (Lipinski definition) is 5. The second-order valence-corrected chi connectivity index (χ2v) is 8.47. The summed E-state index contributed by atoms with van der Waals surface area (Å²) in [4.78, 5) is 8.63. The van der Waals surface area contributed by atoms with Crippen LogP contribution in [0.25, 0.3) is 0 Å². The number of nitrogens with zero attached hydrogens (tertiary/aromatic N) is 2. The van der Waals surface area contributed by atoms with Gasteiger partial charge in [-0.2, -0.15) is 0 Å². The average molecular weight is 388 g/mol. The van der Waals surface area contributed by atoms with Crippen LogP contribution in [-0.4, -0.2) is 24.6 Å². The van der Waals surface area contributed by atoms with Crippen molar-refractivity contribution in [2.75, 3.05) is 11.6 Å². The summed E-state index contributed by atoms with van der Waals surface area (Å²) in [6.07, 6.45) is 2.69. The van der Waals surface area contributed by atoms with Crippen LogP contribution < -0.4 is 5.32 Å². The maximum atomic E-state index is 11.9. The van der Waals surface area contributed by atoms with E-state index >= 15 is 0 Å². The summed E-state index contributed by atoms with van der Waals surface area (Å²) < 4.78 is 23.9. The number of anilines is 1. The average Bonchev–Trinajstić information content (AvgIpc) is 2.60. The zero-order valence-electron chi connectivity index (χ0n) is 14.3. The minimum absolute atomic E-state index is 0.273. The van der Waals surface area contributed by atoms with E-state index < -0.39 is 9.84 Å². The first kappa shape index (κ1) is 18.4. The molecule has 2 aromatic carbocycles. The molecule has 0 aliphatic carbocycles. The van der Waals surface area contributed by atoms with Gasteiger partial charge in [-0.1, -0.05) is 35.9 Å². The Morgan fingerprint density at radius 2 is 1.73 bits per heavy atom. The second-order valence-electron chi connectivity index (χ2n) is 6.02. The molecule has 0 fully saturated rings. The van der Waals surface area contributed by atoms with Crippen LogP contribution in [0, 0.1) is 6.92 Å². The van der Waals surface area contributed by atoms with Gasteiger partial charge in [-0.15, -0.1) is 0 Å². The van der Waals surface area contributed by atoms with Crippen LogP contribution in [0.4, 0.5) is 5.82 Å². The van der Waals surface area contributed by atoms with Crippen molar-refractivity contribution >= 4 is 27.3 Å². The largest absolute Gasteiger partial charge is 0.359 e. The molecule has 1 N–H and O–H groups in total. The van der Waals surface area contributed by atoms with E-state index in [9.17, 15) is 8.42 Å². The van der Waals surface area contributed by atoms with Gasteiger partial charge < -0.3 is 5.32 Å². The molecular formula is C19H18ClN3O2S. The summed E-state index contributed by atoms with van der Waals surface area (Å²) in [5, 5.41) is 4.00. The Kier molecular flexibility index (Phi) is 5.25. The fourth-order valence-electron chi connectivity index (χ4n) is 2.62. The molecule has 134 valence electrons.